The summed E-state index contributed by atoms with van der Waals surface area (Å²) < 4.78 is 0. The second-order valence-electron chi connectivity index (χ2n) is 2.27. The summed E-state index contributed by atoms with van der Waals surface area (Å²) in [5.74, 6) is 5.11. The fraction of sp³-hybridized carbons (Fsp3) is 1.00. The van der Waals surface area contributed by atoms with Crippen molar-refractivity contribution in [2.75, 3.05) is 0 Å². The SMILES string of the molecule is NNC1CCCC1O. The predicted octanol–water partition coefficient (Wildman–Crippen LogP) is -0.637. The Hall–Kier alpha value is -0.120. The summed E-state index contributed by atoms with van der Waals surface area (Å²) in [7, 11) is 0. The topological polar surface area (TPSA) is 58.3 Å². The van der Waals surface area contributed by atoms with Crippen LogP contribution in [0.4, 0.5) is 0 Å². The van der Waals surface area contributed by atoms with E-state index in [4.69, 9.17) is 10.9 Å². The van der Waals surface area contributed by atoms with Gasteiger partial charge >= 0.3 is 0 Å². The minimum Gasteiger partial charge on any atom is -0.391 e. The van der Waals surface area contributed by atoms with Crippen LogP contribution in [0.3, 0.4) is 0 Å². The van der Waals surface area contributed by atoms with E-state index in [1.54, 1.807) is 0 Å². The molecule has 1 aliphatic rings. The predicted molar refractivity (Wildman–Crippen MR) is 31.0 cm³/mol. The molecule has 3 heteroatoms. The Bertz CT molecular complexity index is 76.8. The number of hydrogen-bond acceptors (Lipinski definition) is 3. The third-order valence-corrected chi connectivity index (χ3v) is 1.69. The molecule has 0 aliphatic heterocycles. The van der Waals surface area contributed by atoms with Crippen LogP contribution in [0.1, 0.15) is 19.3 Å². The maximum Gasteiger partial charge on any atom is 0.0706 e. The van der Waals surface area contributed by atoms with Crippen LogP contribution >= 0.6 is 0 Å². The Morgan fingerprint density at radius 3 is 2.50 bits per heavy atom. The maximum atomic E-state index is 9.05. The van der Waals surface area contributed by atoms with E-state index in [-0.39, 0.29) is 12.1 Å². The van der Waals surface area contributed by atoms with E-state index >= 15 is 0 Å². The summed E-state index contributed by atoms with van der Waals surface area (Å²) in [4.78, 5) is 0. The van der Waals surface area contributed by atoms with Crippen molar-refractivity contribution < 1.29 is 5.11 Å². The third-order valence-electron chi connectivity index (χ3n) is 1.69. The van der Waals surface area contributed by atoms with Crippen molar-refractivity contribution in [3.8, 4) is 0 Å². The average Bonchev–Trinajstić information content (AvgIpc) is 2.14. The molecule has 3 nitrogen and oxygen atoms in total. The van der Waals surface area contributed by atoms with Crippen molar-refractivity contribution in [2.24, 2.45) is 5.84 Å². The summed E-state index contributed by atoms with van der Waals surface area (Å²) in [6.45, 7) is 0. The molecule has 0 radical (unpaired) electrons. The van der Waals surface area contributed by atoms with Gasteiger partial charge in [0.1, 0.15) is 0 Å². The molecule has 0 aromatic carbocycles. The van der Waals surface area contributed by atoms with Crippen molar-refractivity contribution in [1.82, 2.24) is 5.43 Å². The Morgan fingerprint density at radius 2 is 2.25 bits per heavy atom. The van der Waals surface area contributed by atoms with E-state index in [1.807, 2.05) is 0 Å². The Morgan fingerprint density at radius 1 is 1.50 bits per heavy atom. The second kappa shape index (κ2) is 2.44. The van der Waals surface area contributed by atoms with E-state index in [9.17, 15) is 0 Å². The van der Waals surface area contributed by atoms with E-state index in [0.717, 1.165) is 19.3 Å². The third kappa shape index (κ3) is 0.992. The van der Waals surface area contributed by atoms with Crippen molar-refractivity contribution in [2.45, 2.75) is 31.4 Å². The lowest BCUT2D eigenvalue weighted by Gasteiger charge is -2.10. The van der Waals surface area contributed by atoms with Crippen molar-refractivity contribution in [3.63, 3.8) is 0 Å². The molecular formula is C5H12N2O. The lowest BCUT2D eigenvalue weighted by atomic mass is 10.2. The molecule has 0 amide bonds. The normalized spacial score (nSPS) is 38.2. The van der Waals surface area contributed by atoms with Gasteiger partial charge in [-0.25, -0.2) is 0 Å². The molecule has 2 atom stereocenters. The second-order valence-corrected chi connectivity index (χ2v) is 2.27. The quantitative estimate of drug-likeness (QED) is 0.315. The van der Waals surface area contributed by atoms with Crippen molar-refractivity contribution >= 4 is 0 Å². The minimum atomic E-state index is -0.208. The first-order chi connectivity index (χ1) is 3.84. The molecule has 0 saturated heterocycles. The largest absolute Gasteiger partial charge is 0.391 e. The molecule has 1 aliphatic carbocycles. The molecule has 0 spiro atoms. The highest BCUT2D eigenvalue weighted by Gasteiger charge is 2.23. The lowest BCUT2D eigenvalue weighted by Crippen LogP contribution is -2.40. The Labute approximate surface area is 48.8 Å². The van der Waals surface area contributed by atoms with Crippen LogP contribution in [0.5, 0.6) is 0 Å². The number of nitrogens with two attached hydrogens (primary N) is 1. The van der Waals surface area contributed by atoms with Crippen LogP contribution in [0.2, 0.25) is 0 Å². The van der Waals surface area contributed by atoms with Gasteiger partial charge in [-0.15, -0.1) is 0 Å². The highest BCUT2D eigenvalue weighted by atomic mass is 16.3. The molecule has 0 bridgehead atoms. The zero-order valence-corrected chi connectivity index (χ0v) is 4.80. The molecule has 1 saturated carbocycles. The molecule has 48 valence electrons. The molecule has 1 rings (SSSR count). The van der Waals surface area contributed by atoms with Gasteiger partial charge in [0.25, 0.3) is 0 Å². The zero-order valence-electron chi connectivity index (χ0n) is 4.80. The molecule has 1 fully saturated rings. The van der Waals surface area contributed by atoms with Gasteiger partial charge in [-0.05, 0) is 19.3 Å². The minimum absolute atomic E-state index is 0.148. The summed E-state index contributed by atoms with van der Waals surface area (Å²) >= 11 is 0. The smallest absolute Gasteiger partial charge is 0.0706 e. The van der Waals surface area contributed by atoms with E-state index in [2.05, 4.69) is 5.43 Å². The number of aliphatic hydroxyl groups is 1. The van der Waals surface area contributed by atoms with Crippen LogP contribution in [-0.2, 0) is 0 Å². The fourth-order valence-corrected chi connectivity index (χ4v) is 1.13. The van der Waals surface area contributed by atoms with Crippen LogP contribution in [0, 0.1) is 0 Å². The standard InChI is InChI=1S/C5H12N2O/c6-7-4-2-1-3-5(4)8/h4-5,7-8H,1-3,6H2. The number of aliphatic hydroxyl groups excluding tert-OH is 1. The Kier molecular flexibility index (Phi) is 1.83. The highest BCUT2D eigenvalue weighted by molar-refractivity contribution is 4.80. The first-order valence-corrected chi connectivity index (χ1v) is 2.99. The summed E-state index contributed by atoms with van der Waals surface area (Å²) in [5, 5.41) is 9.05. The molecule has 0 heterocycles. The van der Waals surface area contributed by atoms with Gasteiger partial charge in [0.15, 0.2) is 0 Å². The van der Waals surface area contributed by atoms with Crippen LogP contribution < -0.4 is 11.3 Å². The lowest BCUT2D eigenvalue weighted by molar-refractivity contribution is 0.150. The molecule has 0 aromatic rings. The molecule has 2 unspecified atom stereocenters. The first kappa shape index (κ1) is 6.01. The average molecular weight is 116 g/mol. The van der Waals surface area contributed by atoms with Gasteiger partial charge in [-0.1, -0.05) is 0 Å². The fourth-order valence-electron chi connectivity index (χ4n) is 1.13. The van der Waals surface area contributed by atoms with Gasteiger partial charge in [0.2, 0.25) is 0 Å². The summed E-state index contributed by atoms with van der Waals surface area (Å²) in [6, 6.07) is 0.148. The van der Waals surface area contributed by atoms with Crippen molar-refractivity contribution in [3.05, 3.63) is 0 Å². The van der Waals surface area contributed by atoms with Gasteiger partial charge in [-0.3, -0.25) is 11.3 Å². The van der Waals surface area contributed by atoms with Crippen LogP contribution in [0.25, 0.3) is 0 Å². The van der Waals surface area contributed by atoms with E-state index in [0.29, 0.717) is 0 Å². The summed E-state index contributed by atoms with van der Waals surface area (Å²) in [6.07, 6.45) is 2.79. The number of rotatable bonds is 1. The van der Waals surface area contributed by atoms with E-state index in [1.165, 1.54) is 0 Å². The van der Waals surface area contributed by atoms with Gasteiger partial charge in [0, 0.05) is 6.04 Å². The van der Waals surface area contributed by atoms with Gasteiger partial charge in [-0.2, -0.15) is 0 Å². The monoisotopic (exact) mass is 116 g/mol. The Balaban J connectivity index is 2.30. The van der Waals surface area contributed by atoms with Crippen LogP contribution in [-0.4, -0.2) is 17.3 Å². The number of hydrogen-bond donors (Lipinski definition) is 3. The van der Waals surface area contributed by atoms with Crippen molar-refractivity contribution in [1.29, 1.82) is 0 Å². The highest BCUT2D eigenvalue weighted by Crippen LogP contribution is 2.17. The number of nitrogens with one attached hydrogen (secondary N) is 1. The molecule has 4 N–H and O–H groups in total. The van der Waals surface area contributed by atoms with Crippen LogP contribution in [0.15, 0.2) is 0 Å². The zero-order chi connectivity index (χ0) is 5.98. The van der Waals surface area contributed by atoms with Gasteiger partial charge < -0.3 is 5.11 Å². The van der Waals surface area contributed by atoms with Gasteiger partial charge in [0.05, 0.1) is 6.10 Å². The first-order valence-electron chi connectivity index (χ1n) is 2.99. The molecule has 0 aromatic heterocycles. The summed E-state index contributed by atoms with van der Waals surface area (Å²) in [5.41, 5.74) is 2.56. The number of hydrazine groups is 1. The maximum absolute atomic E-state index is 9.05. The molecule has 8 heavy (non-hydrogen) atoms. The molecular weight excluding hydrogens is 104 g/mol. The van der Waals surface area contributed by atoms with E-state index < -0.39 is 0 Å².